The van der Waals surface area contributed by atoms with Crippen LogP contribution in [0.2, 0.25) is 0 Å². The van der Waals surface area contributed by atoms with E-state index in [1.54, 1.807) is 6.92 Å². The Morgan fingerprint density at radius 1 is 1.03 bits per heavy atom. The van der Waals surface area contributed by atoms with Crippen molar-refractivity contribution in [1.29, 1.82) is 0 Å². The van der Waals surface area contributed by atoms with Gasteiger partial charge >= 0.3 is 12.1 Å². The van der Waals surface area contributed by atoms with Crippen molar-refractivity contribution in [3.05, 3.63) is 59.7 Å². The van der Waals surface area contributed by atoms with Crippen molar-refractivity contribution in [2.24, 2.45) is 11.8 Å². The van der Waals surface area contributed by atoms with Gasteiger partial charge in [0.15, 0.2) is 0 Å². The number of nitrogens with one attached hydrogen (secondary N) is 2. The molecule has 3 N–H and O–H groups in total. The van der Waals surface area contributed by atoms with Crippen LogP contribution in [0.4, 0.5) is 4.79 Å². The lowest BCUT2D eigenvalue weighted by molar-refractivity contribution is -0.142. The first-order valence-electron chi connectivity index (χ1n) is 11.6. The summed E-state index contributed by atoms with van der Waals surface area (Å²) < 4.78 is 5.58. The molecule has 174 valence electrons. The highest BCUT2D eigenvalue weighted by atomic mass is 16.5. The summed E-state index contributed by atoms with van der Waals surface area (Å²) >= 11 is 0. The number of fused-ring (bicyclic) bond motifs is 3. The summed E-state index contributed by atoms with van der Waals surface area (Å²) in [7, 11) is 0. The van der Waals surface area contributed by atoms with E-state index in [-0.39, 0.29) is 30.3 Å². The molecule has 2 unspecified atom stereocenters. The predicted octanol–water partition coefficient (Wildman–Crippen LogP) is 3.92. The zero-order chi connectivity index (χ0) is 23.4. The van der Waals surface area contributed by atoms with E-state index in [1.807, 2.05) is 24.3 Å². The van der Waals surface area contributed by atoms with Crippen LogP contribution in [0.3, 0.4) is 0 Å². The van der Waals surface area contributed by atoms with Crippen molar-refractivity contribution in [3.63, 3.8) is 0 Å². The first kappa shape index (κ1) is 22.8. The molecule has 33 heavy (non-hydrogen) atoms. The van der Waals surface area contributed by atoms with E-state index in [2.05, 4.69) is 34.9 Å². The molecule has 0 spiro atoms. The van der Waals surface area contributed by atoms with Gasteiger partial charge in [-0.15, -0.1) is 0 Å². The molecule has 2 aromatic carbocycles. The SMILES string of the molecule is CC[C@H](NC(=O)C1CCCC1CNC(=O)OCC1c2ccccc2-c2ccccc21)C(=O)O. The number of carbonyl (C=O) groups is 3. The third kappa shape index (κ3) is 4.87. The first-order chi connectivity index (χ1) is 16.0. The molecule has 0 radical (unpaired) electrons. The van der Waals surface area contributed by atoms with E-state index in [0.717, 1.165) is 24.0 Å². The summed E-state index contributed by atoms with van der Waals surface area (Å²) in [5.74, 6) is -1.61. The largest absolute Gasteiger partial charge is 0.480 e. The van der Waals surface area contributed by atoms with Gasteiger partial charge in [-0.25, -0.2) is 9.59 Å². The Labute approximate surface area is 193 Å². The van der Waals surface area contributed by atoms with Gasteiger partial charge in [-0.05, 0) is 47.4 Å². The number of carboxylic acids is 1. The van der Waals surface area contributed by atoms with E-state index in [0.29, 0.717) is 19.4 Å². The number of benzene rings is 2. The highest BCUT2D eigenvalue weighted by Gasteiger charge is 2.35. The van der Waals surface area contributed by atoms with Gasteiger partial charge in [-0.3, -0.25) is 4.79 Å². The lowest BCUT2D eigenvalue weighted by Gasteiger charge is -2.22. The average Bonchev–Trinajstić information content (AvgIpc) is 3.42. The molecule has 0 aliphatic heterocycles. The molecule has 7 heteroatoms. The van der Waals surface area contributed by atoms with Crippen LogP contribution in [0.1, 0.15) is 49.7 Å². The number of ether oxygens (including phenoxy) is 1. The molecule has 0 bridgehead atoms. The Kier molecular flexibility index (Phi) is 6.96. The van der Waals surface area contributed by atoms with Gasteiger partial charge in [-0.2, -0.15) is 0 Å². The Morgan fingerprint density at radius 3 is 2.27 bits per heavy atom. The minimum absolute atomic E-state index is 0.00449. The zero-order valence-corrected chi connectivity index (χ0v) is 18.8. The second kappa shape index (κ2) is 10.1. The van der Waals surface area contributed by atoms with Crippen molar-refractivity contribution in [1.82, 2.24) is 10.6 Å². The average molecular weight is 451 g/mol. The molecule has 1 fully saturated rings. The van der Waals surface area contributed by atoms with Crippen molar-refractivity contribution >= 4 is 18.0 Å². The molecule has 2 aliphatic carbocycles. The van der Waals surface area contributed by atoms with Crippen molar-refractivity contribution < 1.29 is 24.2 Å². The number of carboxylic acid groups (broad SMARTS) is 1. The van der Waals surface area contributed by atoms with Gasteiger partial charge in [0.2, 0.25) is 5.91 Å². The fourth-order valence-electron chi connectivity index (χ4n) is 5.11. The van der Waals surface area contributed by atoms with Crippen LogP contribution < -0.4 is 10.6 Å². The van der Waals surface area contributed by atoms with Crippen LogP contribution in [-0.2, 0) is 14.3 Å². The summed E-state index contributed by atoms with van der Waals surface area (Å²) in [6, 6.07) is 15.5. The molecule has 2 aliphatic rings. The van der Waals surface area contributed by atoms with Crippen LogP contribution in [0.25, 0.3) is 11.1 Å². The van der Waals surface area contributed by atoms with Crippen LogP contribution in [0.5, 0.6) is 0 Å². The normalized spacial score (nSPS) is 19.9. The molecule has 1 saturated carbocycles. The smallest absolute Gasteiger partial charge is 0.407 e. The van der Waals surface area contributed by atoms with Crippen LogP contribution in [0, 0.1) is 11.8 Å². The number of amides is 2. The third-order valence-electron chi connectivity index (χ3n) is 6.87. The number of alkyl carbamates (subject to hydrolysis) is 1. The fourth-order valence-corrected chi connectivity index (χ4v) is 5.11. The highest BCUT2D eigenvalue weighted by Crippen LogP contribution is 2.44. The number of hydrogen-bond acceptors (Lipinski definition) is 4. The number of hydrogen-bond donors (Lipinski definition) is 3. The van der Waals surface area contributed by atoms with E-state index < -0.39 is 18.1 Å². The summed E-state index contributed by atoms with van der Waals surface area (Å²) in [5.41, 5.74) is 4.66. The number of carbonyl (C=O) groups excluding carboxylic acids is 2. The topological polar surface area (TPSA) is 105 Å². The van der Waals surface area contributed by atoms with Gasteiger partial charge < -0.3 is 20.5 Å². The van der Waals surface area contributed by atoms with Gasteiger partial charge in [0.1, 0.15) is 12.6 Å². The maximum absolute atomic E-state index is 12.6. The molecule has 0 aromatic heterocycles. The lowest BCUT2D eigenvalue weighted by atomic mass is 9.94. The Bertz CT molecular complexity index is 991. The molecule has 4 rings (SSSR count). The fraction of sp³-hybridized carbons (Fsp3) is 0.423. The molecule has 2 amide bonds. The van der Waals surface area contributed by atoms with E-state index in [9.17, 15) is 19.5 Å². The minimum Gasteiger partial charge on any atom is -0.480 e. The summed E-state index contributed by atoms with van der Waals surface area (Å²) in [4.78, 5) is 36.3. The summed E-state index contributed by atoms with van der Waals surface area (Å²) in [6.07, 6.45) is 2.21. The first-order valence-corrected chi connectivity index (χ1v) is 11.6. The third-order valence-corrected chi connectivity index (χ3v) is 6.87. The van der Waals surface area contributed by atoms with E-state index in [1.165, 1.54) is 11.1 Å². The van der Waals surface area contributed by atoms with Crippen LogP contribution >= 0.6 is 0 Å². The highest BCUT2D eigenvalue weighted by molar-refractivity contribution is 5.85. The number of rotatable bonds is 8. The van der Waals surface area contributed by atoms with Crippen molar-refractivity contribution in [3.8, 4) is 11.1 Å². The predicted molar refractivity (Wildman–Crippen MR) is 124 cm³/mol. The lowest BCUT2D eigenvalue weighted by Crippen LogP contribution is -2.45. The quantitative estimate of drug-likeness (QED) is 0.565. The maximum Gasteiger partial charge on any atom is 0.407 e. The Hall–Kier alpha value is -3.35. The van der Waals surface area contributed by atoms with E-state index in [4.69, 9.17) is 4.74 Å². The van der Waals surface area contributed by atoms with Crippen LogP contribution in [-0.4, -0.2) is 42.3 Å². The molecule has 2 aromatic rings. The second-order valence-electron chi connectivity index (χ2n) is 8.81. The minimum atomic E-state index is -1.03. The number of aliphatic carboxylic acids is 1. The van der Waals surface area contributed by atoms with Crippen molar-refractivity contribution in [2.45, 2.75) is 44.6 Å². The van der Waals surface area contributed by atoms with Gasteiger partial charge in [0.25, 0.3) is 0 Å². The van der Waals surface area contributed by atoms with Crippen LogP contribution in [0.15, 0.2) is 48.5 Å². The standard InChI is InChI=1S/C26H30N2O5/c1-2-23(25(30)31)28-24(29)17-13-7-8-16(17)14-27-26(32)33-15-22-20-11-5-3-9-18(20)19-10-4-6-12-21(19)22/h3-6,9-12,16-17,22-23H,2,7-8,13-15H2,1H3,(H,27,32)(H,28,29)(H,30,31)/t16?,17?,23-/m0/s1. The maximum atomic E-state index is 12.6. The Balaban J connectivity index is 1.31. The molecule has 3 atom stereocenters. The van der Waals surface area contributed by atoms with E-state index >= 15 is 0 Å². The summed E-state index contributed by atoms with van der Waals surface area (Å²) in [5, 5.41) is 14.6. The molecule has 7 nitrogen and oxygen atoms in total. The second-order valence-corrected chi connectivity index (χ2v) is 8.81. The van der Waals surface area contributed by atoms with Gasteiger partial charge in [0, 0.05) is 18.4 Å². The summed E-state index contributed by atoms with van der Waals surface area (Å²) in [6.45, 7) is 2.30. The molecular formula is C26H30N2O5. The van der Waals surface area contributed by atoms with Gasteiger partial charge in [0.05, 0.1) is 0 Å². The zero-order valence-electron chi connectivity index (χ0n) is 18.8. The molecular weight excluding hydrogens is 420 g/mol. The monoisotopic (exact) mass is 450 g/mol. The van der Waals surface area contributed by atoms with Gasteiger partial charge in [-0.1, -0.05) is 61.9 Å². The van der Waals surface area contributed by atoms with Crippen molar-refractivity contribution in [2.75, 3.05) is 13.2 Å². The molecule has 0 heterocycles. The molecule has 0 saturated heterocycles. The Morgan fingerprint density at radius 2 is 1.67 bits per heavy atom.